The van der Waals surface area contributed by atoms with E-state index in [-0.39, 0.29) is 18.6 Å². The molecule has 0 bridgehead atoms. The summed E-state index contributed by atoms with van der Waals surface area (Å²) >= 11 is 0. The Hall–Kier alpha value is -0.610. The van der Waals surface area contributed by atoms with Gasteiger partial charge >= 0.3 is 0 Å². The zero-order valence-corrected chi connectivity index (χ0v) is 9.79. The summed E-state index contributed by atoms with van der Waals surface area (Å²) < 4.78 is 5.58. The summed E-state index contributed by atoms with van der Waals surface area (Å²) in [6.45, 7) is 7.69. The van der Waals surface area contributed by atoms with Crippen LogP contribution in [0, 0.1) is 0 Å². The Bertz CT molecular complexity index is 187. The number of carbonyl (C=O) groups excluding carboxylic acids is 1. The van der Waals surface area contributed by atoms with Gasteiger partial charge < -0.3 is 15.0 Å². The number of nitrogens with one attached hydrogen (secondary N) is 1. The van der Waals surface area contributed by atoms with Crippen LogP contribution in [-0.4, -0.2) is 49.7 Å². The van der Waals surface area contributed by atoms with E-state index in [1.165, 1.54) is 0 Å². The Balaban J connectivity index is 2.20. The maximum absolute atomic E-state index is 11.6. The van der Waals surface area contributed by atoms with Crippen molar-refractivity contribution in [1.82, 2.24) is 10.2 Å². The van der Waals surface area contributed by atoms with Crippen LogP contribution in [0.5, 0.6) is 0 Å². The van der Waals surface area contributed by atoms with Gasteiger partial charge in [-0.2, -0.15) is 0 Å². The van der Waals surface area contributed by atoms with Gasteiger partial charge in [0.05, 0.1) is 6.10 Å². The zero-order valence-electron chi connectivity index (χ0n) is 9.79. The molecule has 1 fully saturated rings. The second-order valence-corrected chi connectivity index (χ2v) is 3.85. The predicted molar refractivity (Wildman–Crippen MR) is 59.8 cm³/mol. The molecular weight excluding hydrogens is 192 g/mol. The van der Waals surface area contributed by atoms with Crippen molar-refractivity contribution in [3.05, 3.63) is 0 Å². The highest BCUT2D eigenvalue weighted by molar-refractivity contribution is 5.77. The lowest BCUT2D eigenvalue weighted by atomic mass is 10.1. The average molecular weight is 214 g/mol. The number of hydrogen-bond acceptors (Lipinski definition) is 3. The maximum atomic E-state index is 11.6. The molecule has 1 saturated heterocycles. The molecule has 1 aliphatic heterocycles. The van der Waals surface area contributed by atoms with Crippen molar-refractivity contribution in [3.8, 4) is 0 Å². The molecule has 1 rings (SSSR count). The Kier molecular flexibility index (Phi) is 5.65. The minimum absolute atomic E-state index is 0.102. The van der Waals surface area contributed by atoms with Crippen molar-refractivity contribution in [2.24, 2.45) is 0 Å². The minimum Gasteiger partial charge on any atom is -0.367 e. The lowest BCUT2D eigenvalue weighted by Gasteiger charge is -2.24. The second kappa shape index (κ2) is 6.80. The maximum Gasteiger partial charge on any atom is 0.248 e. The summed E-state index contributed by atoms with van der Waals surface area (Å²) in [5.41, 5.74) is 0. The number of piperidine rings is 1. The topological polar surface area (TPSA) is 41.6 Å². The Labute approximate surface area is 92.0 Å². The van der Waals surface area contributed by atoms with Crippen molar-refractivity contribution in [1.29, 1.82) is 0 Å². The van der Waals surface area contributed by atoms with Crippen LogP contribution in [0.4, 0.5) is 0 Å². The molecule has 0 aromatic heterocycles. The van der Waals surface area contributed by atoms with Crippen molar-refractivity contribution in [2.45, 2.75) is 32.8 Å². The van der Waals surface area contributed by atoms with Gasteiger partial charge in [-0.15, -0.1) is 0 Å². The van der Waals surface area contributed by atoms with Gasteiger partial charge in [-0.05, 0) is 33.2 Å². The molecule has 0 aromatic carbocycles. The van der Waals surface area contributed by atoms with Gasteiger partial charge in [-0.25, -0.2) is 0 Å². The third-order valence-corrected chi connectivity index (χ3v) is 2.81. The van der Waals surface area contributed by atoms with Crippen LogP contribution < -0.4 is 5.32 Å². The van der Waals surface area contributed by atoms with E-state index in [0.29, 0.717) is 0 Å². The van der Waals surface area contributed by atoms with Crippen LogP contribution in [0.3, 0.4) is 0 Å². The fraction of sp³-hybridized carbons (Fsp3) is 0.909. The van der Waals surface area contributed by atoms with E-state index in [1.54, 1.807) is 4.90 Å². The fourth-order valence-electron chi connectivity index (χ4n) is 1.82. The number of nitrogens with zero attached hydrogens (tertiary/aromatic N) is 1. The molecule has 0 aliphatic carbocycles. The summed E-state index contributed by atoms with van der Waals surface area (Å²) in [5.74, 6) is 0.102. The number of hydrogen-bond donors (Lipinski definition) is 1. The third-order valence-electron chi connectivity index (χ3n) is 2.81. The van der Waals surface area contributed by atoms with Gasteiger partial charge in [0.25, 0.3) is 0 Å². The number of carbonyl (C=O) groups is 1. The quantitative estimate of drug-likeness (QED) is 0.729. The molecule has 1 unspecified atom stereocenters. The number of amides is 1. The highest BCUT2D eigenvalue weighted by Gasteiger charge is 2.16. The highest BCUT2D eigenvalue weighted by Crippen LogP contribution is 2.06. The van der Waals surface area contributed by atoms with E-state index < -0.39 is 0 Å². The molecule has 1 amide bonds. The van der Waals surface area contributed by atoms with Gasteiger partial charge in [-0.1, -0.05) is 0 Å². The molecule has 88 valence electrons. The molecule has 1 atom stereocenters. The van der Waals surface area contributed by atoms with Gasteiger partial charge in [0.15, 0.2) is 0 Å². The molecule has 1 N–H and O–H groups in total. The molecule has 0 saturated carbocycles. The van der Waals surface area contributed by atoms with E-state index in [1.807, 2.05) is 13.8 Å². The molecule has 1 heterocycles. The van der Waals surface area contributed by atoms with Gasteiger partial charge in [-0.3, -0.25) is 4.79 Å². The van der Waals surface area contributed by atoms with Gasteiger partial charge in [0.1, 0.15) is 6.61 Å². The van der Waals surface area contributed by atoms with Crippen LogP contribution in [0.25, 0.3) is 0 Å². The molecule has 4 nitrogen and oxygen atoms in total. The first kappa shape index (κ1) is 12.5. The minimum atomic E-state index is 0.102. The first-order valence-electron chi connectivity index (χ1n) is 5.88. The Morgan fingerprint density at radius 2 is 2.20 bits per heavy atom. The standard InChI is InChI=1S/C11H22N2O2/c1-3-13(4-2)11(14)9-15-10-6-5-7-12-8-10/h10,12H,3-9H2,1-2H3. The second-order valence-electron chi connectivity index (χ2n) is 3.85. The molecule has 4 heteroatoms. The molecule has 0 radical (unpaired) electrons. The van der Waals surface area contributed by atoms with Gasteiger partial charge in [0, 0.05) is 19.6 Å². The lowest BCUT2D eigenvalue weighted by molar-refractivity contribution is -0.138. The van der Waals surface area contributed by atoms with Crippen molar-refractivity contribution < 1.29 is 9.53 Å². The molecule has 0 spiro atoms. The van der Waals surface area contributed by atoms with E-state index in [2.05, 4.69) is 5.32 Å². The molecule has 15 heavy (non-hydrogen) atoms. The average Bonchev–Trinajstić information content (AvgIpc) is 2.29. The van der Waals surface area contributed by atoms with Crippen molar-refractivity contribution in [2.75, 3.05) is 32.8 Å². The van der Waals surface area contributed by atoms with E-state index >= 15 is 0 Å². The van der Waals surface area contributed by atoms with Crippen LogP contribution >= 0.6 is 0 Å². The largest absolute Gasteiger partial charge is 0.367 e. The summed E-state index contributed by atoms with van der Waals surface area (Å²) in [7, 11) is 0. The van der Waals surface area contributed by atoms with Crippen LogP contribution in [0.1, 0.15) is 26.7 Å². The summed E-state index contributed by atoms with van der Waals surface area (Å²) in [6, 6.07) is 0. The fourth-order valence-corrected chi connectivity index (χ4v) is 1.82. The summed E-state index contributed by atoms with van der Waals surface area (Å²) in [5, 5.41) is 3.27. The van der Waals surface area contributed by atoms with Crippen LogP contribution in [0.15, 0.2) is 0 Å². The van der Waals surface area contributed by atoms with Gasteiger partial charge in [0.2, 0.25) is 5.91 Å². The number of ether oxygens (including phenoxy) is 1. The highest BCUT2D eigenvalue weighted by atomic mass is 16.5. The lowest BCUT2D eigenvalue weighted by Crippen LogP contribution is -2.39. The SMILES string of the molecule is CCN(CC)C(=O)COC1CCCNC1. The first-order chi connectivity index (χ1) is 7.27. The molecule has 0 aromatic rings. The van der Waals surface area contributed by atoms with Crippen molar-refractivity contribution >= 4 is 5.91 Å². The zero-order chi connectivity index (χ0) is 11.1. The third kappa shape index (κ3) is 4.18. The predicted octanol–water partition coefficient (Wildman–Crippen LogP) is 0.623. The molecule has 1 aliphatic rings. The summed E-state index contributed by atoms with van der Waals surface area (Å²) in [6.07, 6.45) is 2.43. The van der Waals surface area contributed by atoms with E-state index in [0.717, 1.165) is 39.0 Å². The van der Waals surface area contributed by atoms with E-state index in [9.17, 15) is 4.79 Å². The van der Waals surface area contributed by atoms with E-state index in [4.69, 9.17) is 4.74 Å². The Morgan fingerprint density at radius 3 is 2.73 bits per heavy atom. The summed E-state index contributed by atoms with van der Waals surface area (Å²) in [4.78, 5) is 13.4. The first-order valence-corrected chi connectivity index (χ1v) is 5.88. The smallest absolute Gasteiger partial charge is 0.248 e. The Morgan fingerprint density at radius 1 is 1.47 bits per heavy atom. The number of likely N-dealkylation sites (N-methyl/N-ethyl adjacent to an activating group) is 1. The van der Waals surface area contributed by atoms with Crippen LogP contribution in [-0.2, 0) is 9.53 Å². The van der Waals surface area contributed by atoms with Crippen LogP contribution in [0.2, 0.25) is 0 Å². The normalized spacial score (nSPS) is 21.3. The molecular formula is C11H22N2O2. The van der Waals surface area contributed by atoms with Crippen molar-refractivity contribution in [3.63, 3.8) is 0 Å². The number of rotatable bonds is 5. The monoisotopic (exact) mass is 214 g/mol.